The standard InChI is InChI=1S/C13H22N4O2/c1-11(2)17-10-14-7-12(17)8-15-3-5-16(6-4-15)9-13(18)19/h7,10-11H,3-6,8-9H2,1-2H3,(H,18,19). The maximum absolute atomic E-state index is 10.7. The minimum atomic E-state index is -0.744. The van der Waals surface area contributed by atoms with Gasteiger partial charge in [-0.15, -0.1) is 0 Å². The minimum absolute atomic E-state index is 0.151. The summed E-state index contributed by atoms with van der Waals surface area (Å²) < 4.78 is 2.18. The van der Waals surface area contributed by atoms with Crippen LogP contribution in [0.4, 0.5) is 0 Å². The lowest BCUT2D eigenvalue weighted by Crippen LogP contribution is -2.47. The van der Waals surface area contributed by atoms with Crippen LogP contribution in [0.1, 0.15) is 25.6 Å². The molecule has 1 fully saturated rings. The molecule has 106 valence electrons. The Balaban J connectivity index is 1.85. The van der Waals surface area contributed by atoms with Gasteiger partial charge in [0.05, 0.1) is 18.6 Å². The fourth-order valence-corrected chi connectivity index (χ4v) is 2.45. The molecule has 0 aliphatic carbocycles. The van der Waals surface area contributed by atoms with Gasteiger partial charge in [0.25, 0.3) is 0 Å². The third kappa shape index (κ3) is 3.78. The average Bonchev–Trinajstić information content (AvgIpc) is 2.79. The van der Waals surface area contributed by atoms with Gasteiger partial charge in [-0.2, -0.15) is 0 Å². The van der Waals surface area contributed by atoms with Crippen LogP contribution >= 0.6 is 0 Å². The summed E-state index contributed by atoms with van der Waals surface area (Å²) in [5.74, 6) is -0.744. The second kappa shape index (κ2) is 6.16. The van der Waals surface area contributed by atoms with Crippen LogP contribution in [0, 0.1) is 0 Å². The molecular formula is C13H22N4O2. The smallest absolute Gasteiger partial charge is 0.317 e. The first-order chi connectivity index (χ1) is 9.06. The van der Waals surface area contributed by atoms with Crippen molar-refractivity contribution in [2.24, 2.45) is 0 Å². The van der Waals surface area contributed by atoms with Crippen LogP contribution in [-0.2, 0) is 11.3 Å². The Kier molecular flexibility index (Phi) is 4.55. The molecule has 1 aromatic rings. The van der Waals surface area contributed by atoms with E-state index in [1.54, 1.807) is 0 Å². The second-order valence-corrected chi connectivity index (χ2v) is 5.33. The monoisotopic (exact) mass is 266 g/mol. The molecular weight excluding hydrogens is 244 g/mol. The Morgan fingerprint density at radius 1 is 1.32 bits per heavy atom. The number of nitrogens with zero attached hydrogens (tertiary/aromatic N) is 4. The quantitative estimate of drug-likeness (QED) is 0.848. The summed E-state index contributed by atoms with van der Waals surface area (Å²) in [6.07, 6.45) is 3.80. The summed E-state index contributed by atoms with van der Waals surface area (Å²) in [5.41, 5.74) is 1.22. The molecule has 0 aromatic carbocycles. The number of aliphatic carboxylic acids is 1. The van der Waals surface area contributed by atoms with Crippen molar-refractivity contribution >= 4 is 5.97 Å². The lowest BCUT2D eigenvalue weighted by atomic mass is 10.2. The van der Waals surface area contributed by atoms with E-state index >= 15 is 0 Å². The Hall–Kier alpha value is -1.40. The zero-order valence-electron chi connectivity index (χ0n) is 11.6. The van der Waals surface area contributed by atoms with E-state index < -0.39 is 5.97 Å². The molecule has 2 heterocycles. The highest BCUT2D eigenvalue weighted by Gasteiger charge is 2.19. The maximum Gasteiger partial charge on any atom is 0.317 e. The van der Waals surface area contributed by atoms with E-state index in [0.717, 1.165) is 32.7 Å². The Bertz CT molecular complexity index is 422. The van der Waals surface area contributed by atoms with Gasteiger partial charge in [-0.3, -0.25) is 14.6 Å². The number of hydrogen-bond donors (Lipinski definition) is 1. The van der Waals surface area contributed by atoms with Gasteiger partial charge < -0.3 is 9.67 Å². The van der Waals surface area contributed by atoms with Crippen molar-refractivity contribution in [3.8, 4) is 0 Å². The zero-order valence-corrected chi connectivity index (χ0v) is 11.6. The molecule has 0 bridgehead atoms. The Morgan fingerprint density at radius 2 is 1.95 bits per heavy atom. The van der Waals surface area contributed by atoms with E-state index in [-0.39, 0.29) is 6.54 Å². The summed E-state index contributed by atoms with van der Waals surface area (Å²) in [6.45, 7) is 8.81. The number of hydrogen-bond acceptors (Lipinski definition) is 4. The Labute approximate surface area is 113 Å². The van der Waals surface area contributed by atoms with Crippen molar-refractivity contribution in [3.63, 3.8) is 0 Å². The number of piperazine rings is 1. The Morgan fingerprint density at radius 3 is 2.53 bits per heavy atom. The predicted molar refractivity (Wildman–Crippen MR) is 72.0 cm³/mol. The van der Waals surface area contributed by atoms with Gasteiger partial charge in [-0.25, -0.2) is 4.98 Å². The van der Waals surface area contributed by atoms with Crippen molar-refractivity contribution < 1.29 is 9.90 Å². The zero-order chi connectivity index (χ0) is 13.8. The van der Waals surface area contributed by atoms with E-state index in [1.165, 1.54) is 5.69 Å². The number of imidazole rings is 1. The molecule has 1 N–H and O–H groups in total. The molecule has 1 aromatic heterocycles. The van der Waals surface area contributed by atoms with Gasteiger partial charge in [0.15, 0.2) is 0 Å². The van der Waals surface area contributed by atoms with Gasteiger partial charge in [0.1, 0.15) is 0 Å². The van der Waals surface area contributed by atoms with E-state index in [0.29, 0.717) is 6.04 Å². The van der Waals surface area contributed by atoms with Crippen LogP contribution < -0.4 is 0 Å². The van der Waals surface area contributed by atoms with E-state index in [1.807, 2.05) is 17.4 Å². The van der Waals surface area contributed by atoms with E-state index in [4.69, 9.17) is 5.11 Å². The van der Waals surface area contributed by atoms with Crippen LogP contribution in [0.5, 0.6) is 0 Å². The van der Waals surface area contributed by atoms with Crippen molar-refractivity contribution in [1.29, 1.82) is 0 Å². The third-order valence-electron chi connectivity index (χ3n) is 3.51. The van der Waals surface area contributed by atoms with Gasteiger partial charge in [-0.05, 0) is 13.8 Å². The first-order valence-corrected chi connectivity index (χ1v) is 6.73. The van der Waals surface area contributed by atoms with Crippen LogP contribution in [0.15, 0.2) is 12.5 Å². The molecule has 0 spiro atoms. The highest BCUT2D eigenvalue weighted by atomic mass is 16.4. The minimum Gasteiger partial charge on any atom is -0.480 e. The van der Waals surface area contributed by atoms with Crippen LogP contribution in [0.3, 0.4) is 0 Å². The first kappa shape index (κ1) is 14.0. The van der Waals surface area contributed by atoms with E-state index in [9.17, 15) is 4.79 Å². The van der Waals surface area contributed by atoms with Crippen LogP contribution in [0.25, 0.3) is 0 Å². The largest absolute Gasteiger partial charge is 0.480 e. The molecule has 1 aliphatic rings. The topological polar surface area (TPSA) is 61.6 Å². The molecule has 0 radical (unpaired) electrons. The molecule has 6 nitrogen and oxygen atoms in total. The number of carboxylic acid groups (broad SMARTS) is 1. The van der Waals surface area contributed by atoms with Crippen LogP contribution in [0.2, 0.25) is 0 Å². The van der Waals surface area contributed by atoms with Crippen LogP contribution in [-0.4, -0.2) is 63.2 Å². The average molecular weight is 266 g/mol. The van der Waals surface area contributed by atoms with Gasteiger partial charge in [-0.1, -0.05) is 0 Å². The molecule has 0 atom stereocenters. The molecule has 0 unspecified atom stereocenters. The molecule has 0 saturated carbocycles. The second-order valence-electron chi connectivity index (χ2n) is 5.33. The summed E-state index contributed by atoms with van der Waals surface area (Å²) in [7, 11) is 0. The lowest BCUT2D eigenvalue weighted by Gasteiger charge is -2.33. The first-order valence-electron chi connectivity index (χ1n) is 6.73. The summed E-state index contributed by atoms with van der Waals surface area (Å²) >= 11 is 0. The SMILES string of the molecule is CC(C)n1cncc1CN1CCN(CC(=O)O)CC1. The fourth-order valence-electron chi connectivity index (χ4n) is 2.45. The molecule has 6 heteroatoms. The summed E-state index contributed by atoms with van der Waals surface area (Å²) in [5, 5.41) is 8.77. The summed E-state index contributed by atoms with van der Waals surface area (Å²) in [4.78, 5) is 19.2. The fraction of sp³-hybridized carbons (Fsp3) is 0.692. The summed E-state index contributed by atoms with van der Waals surface area (Å²) in [6, 6.07) is 0.422. The number of carboxylic acids is 1. The molecule has 0 amide bonds. The normalized spacial score (nSPS) is 18.1. The number of carbonyl (C=O) groups is 1. The van der Waals surface area contributed by atoms with Crippen molar-refractivity contribution in [2.45, 2.75) is 26.4 Å². The molecule has 19 heavy (non-hydrogen) atoms. The molecule has 1 saturated heterocycles. The molecule has 1 aliphatic heterocycles. The van der Waals surface area contributed by atoms with E-state index in [2.05, 4.69) is 28.3 Å². The van der Waals surface area contributed by atoms with Gasteiger partial charge in [0.2, 0.25) is 0 Å². The van der Waals surface area contributed by atoms with Gasteiger partial charge >= 0.3 is 5.97 Å². The lowest BCUT2D eigenvalue weighted by molar-refractivity contribution is -0.138. The maximum atomic E-state index is 10.7. The number of rotatable bonds is 5. The predicted octanol–water partition coefficient (Wildman–Crippen LogP) is 0.666. The van der Waals surface area contributed by atoms with Crippen molar-refractivity contribution in [3.05, 3.63) is 18.2 Å². The highest BCUT2D eigenvalue weighted by molar-refractivity contribution is 5.69. The highest BCUT2D eigenvalue weighted by Crippen LogP contribution is 2.12. The number of aromatic nitrogens is 2. The van der Waals surface area contributed by atoms with Gasteiger partial charge in [0, 0.05) is 45.0 Å². The third-order valence-corrected chi connectivity index (χ3v) is 3.51. The van der Waals surface area contributed by atoms with Crippen molar-refractivity contribution in [1.82, 2.24) is 19.4 Å². The van der Waals surface area contributed by atoms with Crippen molar-refractivity contribution in [2.75, 3.05) is 32.7 Å². The molecule has 2 rings (SSSR count).